The summed E-state index contributed by atoms with van der Waals surface area (Å²) in [6, 6.07) is 0. The number of nitrogens with one attached hydrogen (secondary N) is 1. The average molecular weight is 187 g/mol. The third-order valence-corrected chi connectivity index (χ3v) is 2.14. The summed E-state index contributed by atoms with van der Waals surface area (Å²) >= 11 is 0. The lowest BCUT2D eigenvalue weighted by molar-refractivity contribution is -0.142. The van der Waals surface area contributed by atoms with Gasteiger partial charge in [0.05, 0.1) is 26.2 Å². The SMILES string of the molecule is COC(=O)CCO[C@@H]1CCCNC1. The van der Waals surface area contributed by atoms with Crippen molar-refractivity contribution in [2.75, 3.05) is 26.8 Å². The number of rotatable bonds is 4. The molecule has 1 N–H and O–H groups in total. The molecule has 76 valence electrons. The fourth-order valence-electron chi connectivity index (χ4n) is 1.37. The van der Waals surface area contributed by atoms with Crippen LogP contribution in [0.25, 0.3) is 0 Å². The van der Waals surface area contributed by atoms with Crippen LogP contribution in [0.5, 0.6) is 0 Å². The van der Waals surface area contributed by atoms with Crippen molar-refractivity contribution in [2.45, 2.75) is 25.4 Å². The molecule has 1 fully saturated rings. The summed E-state index contributed by atoms with van der Waals surface area (Å²) in [5, 5.41) is 3.25. The van der Waals surface area contributed by atoms with Crippen LogP contribution in [-0.4, -0.2) is 38.9 Å². The first-order valence-corrected chi connectivity index (χ1v) is 4.72. The molecule has 0 amide bonds. The quantitative estimate of drug-likeness (QED) is 0.644. The molecule has 0 spiro atoms. The molecule has 0 bridgehead atoms. The molecule has 4 heteroatoms. The summed E-state index contributed by atoms with van der Waals surface area (Å²) < 4.78 is 10.00. The van der Waals surface area contributed by atoms with Crippen LogP contribution in [0.1, 0.15) is 19.3 Å². The van der Waals surface area contributed by atoms with E-state index in [4.69, 9.17) is 4.74 Å². The molecule has 1 saturated heterocycles. The van der Waals surface area contributed by atoms with E-state index in [-0.39, 0.29) is 12.1 Å². The molecule has 0 aromatic rings. The van der Waals surface area contributed by atoms with Gasteiger partial charge >= 0.3 is 5.97 Å². The second kappa shape index (κ2) is 5.94. The van der Waals surface area contributed by atoms with Crippen LogP contribution in [0.2, 0.25) is 0 Å². The van der Waals surface area contributed by atoms with Crippen molar-refractivity contribution < 1.29 is 14.3 Å². The molecule has 0 unspecified atom stereocenters. The van der Waals surface area contributed by atoms with Gasteiger partial charge in [-0.15, -0.1) is 0 Å². The first kappa shape index (κ1) is 10.5. The number of carbonyl (C=O) groups is 1. The maximum atomic E-state index is 10.7. The van der Waals surface area contributed by atoms with Gasteiger partial charge in [0, 0.05) is 6.54 Å². The zero-order valence-electron chi connectivity index (χ0n) is 8.04. The first-order valence-electron chi connectivity index (χ1n) is 4.72. The molecule has 1 aliphatic rings. The monoisotopic (exact) mass is 187 g/mol. The molecule has 1 aliphatic heterocycles. The third kappa shape index (κ3) is 4.24. The maximum Gasteiger partial charge on any atom is 0.307 e. The molecule has 0 saturated carbocycles. The van der Waals surface area contributed by atoms with Crippen molar-refractivity contribution in [3.8, 4) is 0 Å². The van der Waals surface area contributed by atoms with Crippen LogP contribution < -0.4 is 5.32 Å². The van der Waals surface area contributed by atoms with Crippen LogP contribution >= 0.6 is 0 Å². The minimum absolute atomic E-state index is 0.205. The van der Waals surface area contributed by atoms with Gasteiger partial charge in [0.25, 0.3) is 0 Å². The summed E-state index contributed by atoms with van der Waals surface area (Å²) in [6.07, 6.45) is 2.88. The minimum atomic E-state index is -0.205. The molecule has 1 atom stereocenters. The standard InChI is InChI=1S/C9H17NO3/c1-12-9(11)4-6-13-8-3-2-5-10-7-8/h8,10H,2-7H2,1H3/t8-/m1/s1. The summed E-state index contributed by atoms with van der Waals surface area (Å²) in [5.74, 6) is -0.205. The Labute approximate surface area is 78.6 Å². The second-order valence-electron chi connectivity index (χ2n) is 3.17. The smallest absolute Gasteiger partial charge is 0.307 e. The number of esters is 1. The molecular weight excluding hydrogens is 170 g/mol. The lowest BCUT2D eigenvalue weighted by Crippen LogP contribution is -2.35. The van der Waals surface area contributed by atoms with Crippen molar-refractivity contribution in [1.82, 2.24) is 5.32 Å². The van der Waals surface area contributed by atoms with Crippen LogP contribution in [0.4, 0.5) is 0 Å². The highest BCUT2D eigenvalue weighted by atomic mass is 16.5. The van der Waals surface area contributed by atoms with E-state index in [0.717, 1.165) is 25.9 Å². The van der Waals surface area contributed by atoms with E-state index in [0.29, 0.717) is 13.0 Å². The highest BCUT2D eigenvalue weighted by molar-refractivity contribution is 5.69. The van der Waals surface area contributed by atoms with Gasteiger partial charge in [-0.3, -0.25) is 4.79 Å². The van der Waals surface area contributed by atoms with E-state index in [1.54, 1.807) is 0 Å². The summed E-state index contributed by atoms with van der Waals surface area (Å²) in [5.41, 5.74) is 0. The van der Waals surface area contributed by atoms with Crippen molar-refractivity contribution in [1.29, 1.82) is 0 Å². The summed E-state index contributed by atoms with van der Waals surface area (Å²) in [6.45, 7) is 2.46. The van der Waals surface area contributed by atoms with Crippen LogP contribution in [0, 0.1) is 0 Å². The Kier molecular flexibility index (Phi) is 4.78. The van der Waals surface area contributed by atoms with Gasteiger partial charge in [-0.25, -0.2) is 0 Å². The maximum absolute atomic E-state index is 10.7. The Morgan fingerprint density at radius 2 is 2.46 bits per heavy atom. The normalized spacial score (nSPS) is 22.7. The largest absolute Gasteiger partial charge is 0.469 e. The number of hydrogen-bond donors (Lipinski definition) is 1. The van der Waals surface area contributed by atoms with E-state index in [1.165, 1.54) is 7.11 Å². The zero-order chi connectivity index (χ0) is 9.52. The van der Waals surface area contributed by atoms with E-state index >= 15 is 0 Å². The van der Waals surface area contributed by atoms with Crippen LogP contribution in [0.15, 0.2) is 0 Å². The Bertz CT molecular complexity index is 155. The van der Waals surface area contributed by atoms with E-state index in [9.17, 15) is 4.79 Å². The van der Waals surface area contributed by atoms with Gasteiger partial charge in [-0.05, 0) is 19.4 Å². The van der Waals surface area contributed by atoms with Gasteiger partial charge in [-0.1, -0.05) is 0 Å². The fourth-order valence-corrected chi connectivity index (χ4v) is 1.37. The first-order chi connectivity index (χ1) is 6.33. The highest BCUT2D eigenvalue weighted by Crippen LogP contribution is 2.06. The van der Waals surface area contributed by atoms with Crippen molar-refractivity contribution in [3.63, 3.8) is 0 Å². The molecule has 0 aliphatic carbocycles. The van der Waals surface area contributed by atoms with Crippen molar-refractivity contribution in [2.24, 2.45) is 0 Å². The van der Waals surface area contributed by atoms with Gasteiger partial charge in [-0.2, -0.15) is 0 Å². The molecule has 0 aromatic heterocycles. The number of piperidine rings is 1. The Morgan fingerprint density at radius 1 is 1.62 bits per heavy atom. The minimum Gasteiger partial charge on any atom is -0.469 e. The number of methoxy groups -OCH3 is 1. The molecule has 0 aromatic carbocycles. The van der Waals surface area contributed by atoms with E-state index in [1.807, 2.05) is 0 Å². The lowest BCUT2D eigenvalue weighted by Gasteiger charge is -2.22. The lowest BCUT2D eigenvalue weighted by atomic mass is 10.1. The molecule has 13 heavy (non-hydrogen) atoms. The fraction of sp³-hybridized carbons (Fsp3) is 0.889. The second-order valence-corrected chi connectivity index (χ2v) is 3.17. The van der Waals surface area contributed by atoms with Gasteiger partial charge in [0.1, 0.15) is 0 Å². The summed E-state index contributed by atoms with van der Waals surface area (Å²) in [4.78, 5) is 10.7. The van der Waals surface area contributed by atoms with Gasteiger partial charge in [0.2, 0.25) is 0 Å². The number of ether oxygens (including phenoxy) is 2. The predicted octanol–water partition coefficient (Wildman–Crippen LogP) is 0.318. The van der Waals surface area contributed by atoms with Gasteiger partial charge in [0.15, 0.2) is 0 Å². The van der Waals surface area contributed by atoms with Crippen LogP contribution in [0.3, 0.4) is 0 Å². The van der Waals surface area contributed by atoms with Crippen LogP contribution in [-0.2, 0) is 14.3 Å². The Morgan fingerprint density at radius 3 is 3.08 bits per heavy atom. The Balaban J connectivity index is 2.01. The number of carbonyl (C=O) groups excluding carboxylic acids is 1. The highest BCUT2D eigenvalue weighted by Gasteiger charge is 2.13. The molecule has 1 rings (SSSR count). The van der Waals surface area contributed by atoms with E-state index < -0.39 is 0 Å². The van der Waals surface area contributed by atoms with E-state index in [2.05, 4.69) is 10.1 Å². The van der Waals surface area contributed by atoms with Gasteiger partial charge < -0.3 is 14.8 Å². The molecule has 4 nitrogen and oxygen atoms in total. The Hall–Kier alpha value is -0.610. The van der Waals surface area contributed by atoms with Crippen molar-refractivity contribution >= 4 is 5.97 Å². The molecular formula is C9H17NO3. The van der Waals surface area contributed by atoms with Crippen molar-refractivity contribution in [3.05, 3.63) is 0 Å². The molecule has 1 heterocycles. The number of hydrogen-bond acceptors (Lipinski definition) is 4. The zero-order valence-corrected chi connectivity index (χ0v) is 8.04. The summed E-state index contributed by atoms with van der Waals surface area (Å²) in [7, 11) is 1.39. The average Bonchev–Trinajstić information content (AvgIpc) is 2.19. The topological polar surface area (TPSA) is 47.6 Å². The predicted molar refractivity (Wildman–Crippen MR) is 48.5 cm³/mol. The third-order valence-electron chi connectivity index (χ3n) is 2.14. The molecule has 0 radical (unpaired) electrons.